The average molecular weight is 369 g/mol. The molecule has 2 aromatic carbocycles. The van der Waals surface area contributed by atoms with Gasteiger partial charge in [0, 0.05) is 4.90 Å². The standard InChI is InChI=1S/C18H15N3O4S/c22-17(15-10-23-13-8-4-5-9-14(13)24-15)19-18-21-20-16(25-18)11-26-12-6-2-1-3-7-12/h1-9,15H,10-11H2,(H,19,21,22). The van der Waals surface area contributed by atoms with E-state index in [1.165, 1.54) is 0 Å². The van der Waals surface area contributed by atoms with Crippen LogP contribution < -0.4 is 14.8 Å². The van der Waals surface area contributed by atoms with Gasteiger partial charge in [0.2, 0.25) is 12.0 Å². The summed E-state index contributed by atoms with van der Waals surface area (Å²) < 4.78 is 16.6. The minimum atomic E-state index is -0.779. The molecule has 1 atom stereocenters. The smallest absolute Gasteiger partial charge is 0.322 e. The Morgan fingerprint density at radius 3 is 2.69 bits per heavy atom. The van der Waals surface area contributed by atoms with Crippen molar-refractivity contribution >= 4 is 23.7 Å². The van der Waals surface area contributed by atoms with Crippen LogP contribution in [0.4, 0.5) is 6.01 Å². The molecule has 8 heteroatoms. The molecular weight excluding hydrogens is 354 g/mol. The van der Waals surface area contributed by atoms with E-state index in [1.807, 2.05) is 42.5 Å². The third-order valence-electron chi connectivity index (χ3n) is 3.60. The van der Waals surface area contributed by atoms with Crippen molar-refractivity contribution in [1.29, 1.82) is 0 Å². The summed E-state index contributed by atoms with van der Waals surface area (Å²) in [6.07, 6.45) is -0.779. The van der Waals surface area contributed by atoms with Crippen molar-refractivity contribution in [3.05, 3.63) is 60.5 Å². The Morgan fingerprint density at radius 2 is 1.85 bits per heavy atom. The van der Waals surface area contributed by atoms with Crippen molar-refractivity contribution in [1.82, 2.24) is 10.2 Å². The van der Waals surface area contributed by atoms with Gasteiger partial charge in [-0.15, -0.1) is 16.9 Å². The molecule has 0 radical (unpaired) electrons. The Labute approximate surface area is 153 Å². The maximum absolute atomic E-state index is 12.3. The predicted molar refractivity (Wildman–Crippen MR) is 95.3 cm³/mol. The van der Waals surface area contributed by atoms with Crippen molar-refractivity contribution in [3.63, 3.8) is 0 Å². The lowest BCUT2D eigenvalue weighted by Gasteiger charge is -2.24. The second-order valence-corrected chi connectivity index (χ2v) is 6.50. The summed E-state index contributed by atoms with van der Waals surface area (Å²) in [5, 5.41) is 10.4. The lowest BCUT2D eigenvalue weighted by molar-refractivity contribution is -0.125. The molecule has 0 aliphatic carbocycles. The lowest BCUT2D eigenvalue weighted by atomic mass is 10.2. The van der Waals surface area contributed by atoms with Crippen LogP contribution in [0.2, 0.25) is 0 Å². The van der Waals surface area contributed by atoms with Gasteiger partial charge in [0.25, 0.3) is 5.91 Å². The second kappa shape index (κ2) is 7.49. The number of fused-ring (bicyclic) bond motifs is 1. The monoisotopic (exact) mass is 369 g/mol. The Hall–Kier alpha value is -3.00. The molecule has 132 valence electrons. The van der Waals surface area contributed by atoms with Gasteiger partial charge in [0.05, 0.1) is 5.75 Å². The van der Waals surface area contributed by atoms with Crippen molar-refractivity contribution in [2.75, 3.05) is 11.9 Å². The number of amides is 1. The maximum Gasteiger partial charge on any atom is 0.322 e. The first-order chi connectivity index (χ1) is 12.8. The van der Waals surface area contributed by atoms with Crippen molar-refractivity contribution in [2.24, 2.45) is 0 Å². The van der Waals surface area contributed by atoms with E-state index in [-0.39, 0.29) is 12.6 Å². The Kier molecular flexibility index (Phi) is 4.74. The van der Waals surface area contributed by atoms with Crippen LogP contribution in [0.3, 0.4) is 0 Å². The van der Waals surface area contributed by atoms with E-state index in [1.54, 1.807) is 23.9 Å². The van der Waals surface area contributed by atoms with Crippen LogP contribution in [-0.2, 0) is 10.5 Å². The first-order valence-electron chi connectivity index (χ1n) is 7.97. The van der Waals surface area contributed by atoms with Crippen LogP contribution in [0.15, 0.2) is 63.9 Å². The number of ether oxygens (including phenoxy) is 2. The first kappa shape index (κ1) is 16.5. The van der Waals surface area contributed by atoms with Gasteiger partial charge in [-0.3, -0.25) is 10.1 Å². The van der Waals surface area contributed by atoms with Crippen molar-refractivity contribution in [2.45, 2.75) is 16.8 Å². The number of nitrogens with one attached hydrogen (secondary N) is 1. The molecule has 0 fully saturated rings. The normalized spacial score (nSPS) is 15.5. The number of hydrogen-bond donors (Lipinski definition) is 1. The molecular formula is C18H15N3O4S. The van der Waals surface area contributed by atoms with Gasteiger partial charge in [0.15, 0.2) is 11.5 Å². The molecule has 26 heavy (non-hydrogen) atoms. The molecule has 1 aromatic heterocycles. The summed E-state index contributed by atoms with van der Waals surface area (Å²) in [5.74, 6) is 1.70. The molecule has 1 aliphatic heterocycles. The number of rotatable bonds is 5. The largest absolute Gasteiger partial charge is 0.485 e. The number of hydrogen-bond acceptors (Lipinski definition) is 7. The first-order valence-corrected chi connectivity index (χ1v) is 8.96. The minimum Gasteiger partial charge on any atom is -0.485 e. The zero-order valence-electron chi connectivity index (χ0n) is 13.6. The number of benzene rings is 2. The van der Waals surface area contributed by atoms with Crippen molar-refractivity contribution < 1.29 is 18.7 Å². The summed E-state index contributed by atoms with van der Waals surface area (Å²) in [5.41, 5.74) is 0. The Balaban J connectivity index is 1.33. The SMILES string of the molecule is O=C(Nc1nnc(CSc2ccccc2)o1)C1COc2ccccc2O1. The summed E-state index contributed by atoms with van der Waals surface area (Å²) >= 11 is 1.57. The van der Waals surface area contributed by atoms with Crippen LogP contribution in [-0.4, -0.2) is 28.8 Å². The molecule has 4 rings (SSSR count). The predicted octanol–water partition coefficient (Wildman–Crippen LogP) is 3.14. The summed E-state index contributed by atoms with van der Waals surface area (Å²) in [6.45, 7) is 0.119. The number of para-hydroxylation sites is 2. The molecule has 1 aliphatic rings. The van der Waals surface area contributed by atoms with Gasteiger partial charge < -0.3 is 13.9 Å². The van der Waals surface area contributed by atoms with Gasteiger partial charge in [0.1, 0.15) is 6.61 Å². The van der Waals surface area contributed by atoms with E-state index in [4.69, 9.17) is 13.9 Å². The molecule has 2 heterocycles. The van der Waals surface area contributed by atoms with Crippen LogP contribution in [0.25, 0.3) is 0 Å². The molecule has 3 aromatic rings. The van der Waals surface area contributed by atoms with E-state index in [9.17, 15) is 4.79 Å². The van der Waals surface area contributed by atoms with E-state index in [0.717, 1.165) is 4.90 Å². The third kappa shape index (κ3) is 3.80. The fourth-order valence-corrected chi connectivity index (χ4v) is 3.12. The zero-order chi connectivity index (χ0) is 17.8. The Bertz CT molecular complexity index is 900. The van der Waals surface area contributed by atoms with Crippen LogP contribution in [0, 0.1) is 0 Å². The van der Waals surface area contributed by atoms with E-state index in [2.05, 4.69) is 15.5 Å². The van der Waals surface area contributed by atoms with Crippen LogP contribution >= 0.6 is 11.8 Å². The van der Waals surface area contributed by atoms with Crippen molar-refractivity contribution in [3.8, 4) is 11.5 Å². The van der Waals surface area contributed by atoms with Gasteiger partial charge in [-0.25, -0.2) is 0 Å². The van der Waals surface area contributed by atoms with E-state index < -0.39 is 12.0 Å². The lowest BCUT2D eigenvalue weighted by Crippen LogP contribution is -2.40. The number of thioether (sulfide) groups is 1. The molecule has 1 N–H and O–H groups in total. The topological polar surface area (TPSA) is 86.5 Å². The van der Waals surface area contributed by atoms with Crippen LogP contribution in [0.1, 0.15) is 5.89 Å². The highest BCUT2D eigenvalue weighted by Gasteiger charge is 2.28. The quantitative estimate of drug-likeness (QED) is 0.691. The number of anilines is 1. The summed E-state index contributed by atoms with van der Waals surface area (Å²) in [4.78, 5) is 13.4. The molecule has 0 spiro atoms. The molecule has 1 amide bonds. The van der Waals surface area contributed by atoms with E-state index in [0.29, 0.717) is 23.1 Å². The molecule has 0 saturated carbocycles. The molecule has 1 unspecified atom stereocenters. The number of carbonyl (C=O) groups is 1. The second-order valence-electron chi connectivity index (χ2n) is 5.46. The third-order valence-corrected chi connectivity index (χ3v) is 4.60. The highest BCUT2D eigenvalue weighted by molar-refractivity contribution is 7.98. The van der Waals surface area contributed by atoms with Gasteiger partial charge in [-0.2, -0.15) is 0 Å². The number of carbonyl (C=O) groups excluding carboxylic acids is 1. The van der Waals surface area contributed by atoms with Gasteiger partial charge in [-0.1, -0.05) is 35.4 Å². The van der Waals surface area contributed by atoms with Crippen LogP contribution in [0.5, 0.6) is 11.5 Å². The molecule has 0 bridgehead atoms. The fraction of sp³-hybridized carbons (Fsp3) is 0.167. The number of aromatic nitrogens is 2. The summed E-state index contributed by atoms with van der Waals surface area (Å²) in [6, 6.07) is 17.1. The molecule has 0 saturated heterocycles. The zero-order valence-corrected chi connectivity index (χ0v) is 14.4. The highest BCUT2D eigenvalue weighted by atomic mass is 32.2. The Morgan fingerprint density at radius 1 is 1.08 bits per heavy atom. The van der Waals surface area contributed by atoms with Gasteiger partial charge >= 0.3 is 6.01 Å². The minimum absolute atomic E-state index is 0.0427. The fourth-order valence-electron chi connectivity index (χ4n) is 2.36. The highest BCUT2D eigenvalue weighted by Crippen LogP contribution is 2.31. The molecule has 7 nitrogen and oxygen atoms in total. The van der Waals surface area contributed by atoms with Gasteiger partial charge in [-0.05, 0) is 24.3 Å². The van der Waals surface area contributed by atoms with E-state index >= 15 is 0 Å². The number of nitrogens with zero attached hydrogens (tertiary/aromatic N) is 2. The average Bonchev–Trinajstić information content (AvgIpc) is 3.14. The maximum atomic E-state index is 12.3. The summed E-state index contributed by atoms with van der Waals surface area (Å²) in [7, 11) is 0.